The van der Waals surface area contributed by atoms with Crippen molar-refractivity contribution in [3.05, 3.63) is 40.5 Å². The molecule has 0 saturated heterocycles. The third-order valence-electron chi connectivity index (χ3n) is 2.41. The van der Waals surface area contributed by atoms with Crippen LogP contribution in [0.3, 0.4) is 0 Å². The summed E-state index contributed by atoms with van der Waals surface area (Å²) in [5.74, 6) is 0.396. The van der Waals surface area contributed by atoms with Gasteiger partial charge in [-0.15, -0.1) is 17.5 Å². The van der Waals surface area contributed by atoms with Crippen molar-refractivity contribution < 1.29 is 13.5 Å². The molecule has 2 atom stereocenters. The van der Waals surface area contributed by atoms with Crippen molar-refractivity contribution in [2.45, 2.75) is 12.1 Å². The molecule has 1 rings (SSSR count). The van der Waals surface area contributed by atoms with Crippen molar-refractivity contribution in [3.8, 4) is 0 Å². The largest absolute Gasteiger partial charge is 0.375 e. The van der Waals surface area contributed by atoms with Crippen molar-refractivity contribution in [1.29, 1.82) is 0 Å². The van der Waals surface area contributed by atoms with Gasteiger partial charge in [-0.05, 0) is 23.8 Å². The predicted molar refractivity (Wildman–Crippen MR) is 72.0 cm³/mol. The van der Waals surface area contributed by atoms with Crippen LogP contribution in [0.25, 0.3) is 0 Å². The van der Waals surface area contributed by atoms with Crippen LogP contribution in [0.15, 0.2) is 40.5 Å². The number of methoxy groups -OCH3 is 1. The molecule has 0 radical (unpaired) electrons. The second-order valence-corrected chi connectivity index (χ2v) is 4.82. The zero-order valence-electron chi connectivity index (χ0n) is 10.2. The van der Waals surface area contributed by atoms with Crippen molar-refractivity contribution >= 4 is 11.8 Å². The molecule has 0 aromatic heterocycles. The van der Waals surface area contributed by atoms with Crippen LogP contribution < -0.4 is 5.73 Å². The maximum absolute atomic E-state index is 12.6. The van der Waals surface area contributed by atoms with E-state index in [0.29, 0.717) is 5.75 Å². The molecule has 2 nitrogen and oxygen atoms in total. The molecular weight excluding hydrogens is 256 g/mol. The lowest BCUT2D eigenvalue weighted by Crippen LogP contribution is -2.38. The first-order valence-corrected chi connectivity index (χ1v) is 6.59. The number of halogens is 2. The molecule has 0 bridgehead atoms. The maximum Gasteiger partial charge on any atom is 0.107 e. The molecule has 5 heteroatoms. The third kappa shape index (κ3) is 4.42. The number of nitrogens with two attached hydrogens (primary N) is 1. The molecule has 2 unspecified atom stereocenters. The molecule has 0 aromatic rings. The first-order chi connectivity index (χ1) is 8.72. The number of thioether (sulfide) groups is 1. The molecule has 100 valence electrons. The minimum absolute atomic E-state index is 0.378. The number of allylic oxidation sites excluding steroid dienone is 2. The van der Waals surface area contributed by atoms with Crippen LogP contribution in [-0.2, 0) is 4.74 Å². The van der Waals surface area contributed by atoms with Gasteiger partial charge in [0.15, 0.2) is 0 Å². The number of hydrogen-bond donors (Lipinski definition) is 1. The molecule has 2 N–H and O–H groups in total. The van der Waals surface area contributed by atoms with E-state index in [4.69, 9.17) is 10.5 Å². The highest BCUT2D eigenvalue weighted by Gasteiger charge is 2.20. The van der Waals surface area contributed by atoms with Gasteiger partial charge in [0.25, 0.3) is 0 Å². The Morgan fingerprint density at radius 3 is 2.83 bits per heavy atom. The van der Waals surface area contributed by atoms with E-state index in [1.54, 1.807) is 18.2 Å². The molecule has 0 aliphatic heterocycles. The molecule has 0 amide bonds. The summed E-state index contributed by atoms with van der Waals surface area (Å²) in [5, 5.41) is 0. The highest BCUT2D eigenvalue weighted by Crippen LogP contribution is 2.21. The minimum atomic E-state index is -0.695. The van der Waals surface area contributed by atoms with E-state index in [0.717, 1.165) is 10.5 Å². The lowest BCUT2D eigenvalue weighted by atomic mass is 10.0. The predicted octanol–water partition coefficient (Wildman–Crippen LogP) is 2.54. The molecule has 0 spiro atoms. The molecule has 0 aromatic carbocycles. The maximum atomic E-state index is 12.6. The van der Waals surface area contributed by atoms with Crippen LogP contribution in [-0.4, -0.2) is 38.4 Å². The van der Waals surface area contributed by atoms with Crippen molar-refractivity contribution in [3.63, 3.8) is 0 Å². The molecular formula is C13H17F2NOS. The molecule has 18 heavy (non-hydrogen) atoms. The van der Waals surface area contributed by atoms with E-state index in [1.165, 1.54) is 18.9 Å². The molecule has 1 aliphatic carbocycles. The zero-order chi connectivity index (χ0) is 13.4. The second kappa shape index (κ2) is 8.27. The Morgan fingerprint density at radius 1 is 1.44 bits per heavy atom. The second-order valence-electron chi connectivity index (χ2n) is 3.69. The minimum Gasteiger partial charge on any atom is -0.375 e. The standard InChI is InChI=1S/C13H17F2NOS/c1-17-13(12(16)9-15)10-3-2-4-11(6-5-10)18-8-7-14/h2-3,5-6,12-13H,7-9,16H2,1H3. The Hall–Kier alpha value is -0.870. The van der Waals surface area contributed by atoms with Crippen LogP contribution in [0.4, 0.5) is 8.78 Å². The quantitative estimate of drug-likeness (QED) is 0.724. The Morgan fingerprint density at radius 2 is 2.22 bits per heavy atom. The van der Waals surface area contributed by atoms with E-state index < -0.39 is 18.8 Å². The van der Waals surface area contributed by atoms with Gasteiger partial charge in [-0.25, -0.2) is 4.39 Å². The zero-order valence-corrected chi connectivity index (χ0v) is 11.1. The van der Waals surface area contributed by atoms with Crippen LogP contribution >= 0.6 is 11.8 Å². The smallest absolute Gasteiger partial charge is 0.107 e. The highest BCUT2D eigenvalue weighted by molar-refractivity contribution is 8.03. The molecule has 0 saturated carbocycles. The van der Waals surface area contributed by atoms with Gasteiger partial charge in [-0.3, -0.25) is 4.39 Å². The Balaban J connectivity index is 2.73. The Bertz CT molecular complexity index is 386. The summed E-state index contributed by atoms with van der Waals surface area (Å²) in [7, 11) is 1.50. The van der Waals surface area contributed by atoms with Gasteiger partial charge in [-0.1, -0.05) is 6.08 Å². The molecule has 0 fully saturated rings. The van der Waals surface area contributed by atoms with Gasteiger partial charge in [0.05, 0.1) is 18.8 Å². The number of ether oxygens (including phenoxy) is 1. The topological polar surface area (TPSA) is 35.2 Å². The summed E-state index contributed by atoms with van der Waals surface area (Å²) < 4.78 is 29.9. The van der Waals surface area contributed by atoms with E-state index in [-0.39, 0.29) is 6.67 Å². The lowest BCUT2D eigenvalue weighted by molar-refractivity contribution is 0.102. The van der Waals surface area contributed by atoms with Crippen molar-refractivity contribution in [2.75, 3.05) is 26.2 Å². The van der Waals surface area contributed by atoms with Crippen molar-refractivity contribution in [2.24, 2.45) is 5.73 Å². The van der Waals surface area contributed by atoms with Crippen LogP contribution in [0.1, 0.15) is 0 Å². The summed E-state index contributed by atoms with van der Waals surface area (Å²) in [6, 6.07) is -0.695. The van der Waals surface area contributed by atoms with Gasteiger partial charge < -0.3 is 10.5 Å². The van der Waals surface area contributed by atoms with E-state index in [1.807, 2.05) is 6.08 Å². The highest BCUT2D eigenvalue weighted by atomic mass is 32.2. The summed E-state index contributed by atoms with van der Waals surface area (Å²) in [4.78, 5) is 0.836. The van der Waals surface area contributed by atoms with Gasteiger partial charge in [0.2, 0.25) is 0 Å². The number of rotatable bonds is 7. The average Bonchev–Trinajstić information content (AvgIpc) is 2.63. The average molecular weight is 273 g/mol. The molecule has 1 aliphatic rings. The summed E-state index contributed by atoms with van der Waals surface area (Å²) >= 11 is 1.38. The lowest BCUT2D eigenvalue weighted by Gasteiger charge is -2.21. The van der Waals surface area contributed by atoms with Crippen LogP contribution in [0.5, 0.6) is 0 Å². The van der Waals surface area contributed by atoms with Gasteiger partial charge in [-0.2, -0.15) is 0 Å². The van der Waals surface area contributed by atoms with Gasteiger partial charge >= 0.3 is 0 Å². The summed E-state index contributed by atoms with van der Waals surface area (Å²) in [6.07, 6.45) is 6.62. The van der Waals surface area contributed by atoms with Gasteiger partial charge in [0, 0.05) is 17.8 Å². The van der Waals surface area contributed by atoms with Crippen LogP contribution in [0, 0.1) is 0 Å². The Labute approximate surface area is 110 Å². The monoisotopic (exact) mass is 273 g/mol. The first kappa shape index (κ1) is 15.2. The SMILES string of the molecule is COC(C1=CC=C=C(SCCF)C=C1)C(N)CF. The summed E-state index contributed by atoms with van der Waals surface area (Å²) in [5.41, 5.74) is 9.45. The number of alkyl halides is 2. The van der Waals surface area contributed by atoms with E-state index in [2.05, 4.69) is 5.73 Å². The number of hydrogen-bond acceptors (Lipinski definition) is 3. The Kier molecular flexibility index (Phi) is 6.98. The van der Waals surface area contributed by atoms with E-state index in [9.17, 15) is 8.78 Å². The normalized spacial score (nSPS) is 18.0. The van der Waals surface area contributed by atoms with Crippen LogP contribution in [0.2, 0.25) is 0 Å². The summed E-state index contributed by atoms with van der Waals surface area (Å²) in [6.45, 7) is -1.03. The van der Waals surface area contributed by atoms with Crippen molar-refractivity contribution in [1.82, 2.24) is 0 Å². The fourth-order valence-electron chi connectivity index (χ4n) is 1.56. The van der Waals surface area contributed by atoms with E-state index >= 15 is 0 Å². The fraction of sp³-hybridized carbons (Fsp3) is 0.462. The van der Waals surface area contributed by atoms with Gasteiger partial charge in [0.1, 0.15) is 6.67 Å². The third-order valence-corrected chi connectivity index (χ3v) is 3.34. The molecule has 0 heterocycles. The fourth-order valence-corrected chi connectivity index (χ4v) is 2.18. The first-order valence-electron chi connectivity index (χ1n) is 5.61.